The molecule has 1 saturated heterocycles. The van der Waals surface area contributed by atoms with Gasteiger partial charge in [-0.05, 0) is 42.7 Å². The van der Waals surface area contributed by atoms with Crippen LogP contribution >= 0.6 is 0 Å². The Kier molecular flexibility index (Phi) is 7.00. The molecule has 0 atom stereocenters. The van der Waals surface area contributed by atoms with Crippen molar-refractivity contribution in [2.45, 2.75) is 32.2 Å². The van der Waals surface area contributed by atoms with E-state index in [1.807, 2.05) is 35.2 Å². The maximum absolute atomic E-state index is 12.6. The van der Waals surface area contributed by atoms with E-state index in [1.54, 1.807) is 31.3 Å². The summed E-state index contributed by atoms with van der Waals surface area (Å²) < 4.78 is 0. The van der Waals surface area contributed by atoms with Crippen molar-refractivity contribution in [3.63, 3.8) is 0 Å². The van der Waals surface area contributed by atoms with Gasteiger partial charge in [-0.25, -0.2) is 0 Å². The molecule has 29 heavy (non-hydrogen) atoms. The molecule has 0 saturated carbocycles. The van der Waals surface area contributed by atoms with Crippen molar-refractivity contribution in [1.82, 2.24) is 9.80 Å². The topological polar surface area (TPSA) is 69.7 Å². The highest BCUT2D eigenvalue weighted by atomic mass is 16.2. The summed E-state index contributed by atoms with van der Waals surface area (Å²) in [5.41, 5.74) is 2.04. The lowest BCUT2D eigenvalue weighted by Crippen LogP contribution is -2.36. The standard InChI is InChI=1S/C23H27N3O3/c1-25(17-18-9-5-4-6-10-18)23(29)21(27)24-20-13-11-19(12-14-20)22(28)26-15-7-2-3-8-16-26/h4-6,9-14H,2-3,7-8,15-17H2,1H3,(H,24,27). The number of hydrogen-bond donors (Lipinski definition) is 1. The van der Waals surface area contributed by atoms with Crippen molar-refractivity contribution in [1.29, 1.82) is 0 Å². The van der Waals surface area contributed by atoms with E-state index in [-0.39, 0.29) is 5.91 Å². The van der Waals surface area contributed by atoms with E-state index in [9.17, 15) is 14.4 Å². The van der Waals surface area contributed by atoms with Crippen LogP contribution in [0.2, 0.25) is 0 Å². The van der Waals surface area contributed by atoms with Crippen LogP contribution in [0, 0.1) is 0 Å². The maximum Gasteiger partial charge on any atom is 0.313 e. The Bertz CT molecular complexity index is 841. The minimum Gasteiger partial charge on any atom is -0.339 e. The Balaban J connectivity index is 1.56. The number of carbonyl (C=O) groups excluding carboxylic acids is 3. The molecule has 1 aliphatic heterocycles. The molecular weight excluding hydrogens is 366 g/mol. The molecular formula is C23H27N3O3. The zero-order chi connectivity index (χ0) is 20.6. The van der Waals surface area contributed by atoms with Crippen LogP contribution in [0.25, 0.3) is 0 Å². The van der Waals surface area contributed by atoms with Crippen molar-refractivity contribution in [2.75, 3.05) is 25.5 Å². The highest BCUT2D eigenvalue weighted by molar-refractivity contribution is 6.39. The third kappa shape index (κ3) is 5.67. The number of nitrogens with zero attached hydrogens (tertiary/aromatic N) is 2. The summed E-state index contributed by atoms with van der Waals surface area (Å²) in [4.78, 5) is 40.5. The van der Waals surface area contributed by atoms with Crippen LogP contribution in [0.15, 0.2) is 54.6 Å². The van der Waals surface area contributed by atoms with E-state index in [0.29, 0.717) is 17.8 Å². The predicted molar refractivity (Wildman–Crippen MR) is 112 cm³/mol. The fraction of sp³-hybridized carbons (Fsp3) is 0.348. The minimum absolute atomic E-state index is 0.0171. The molecule has 0 aromatic heterocycles. The fourth-order valence-electron chi connectivity index (χ4n) is 3.44. The van der Waals surface area contributed by atoms with Gasteiger partial charge in [0.25, 0.3) is 5.91 Å². The summed E-state index contributed by atoms with van der Waals surface area (Å²) in [5, 5.41) is 2.61. The molecule has 3 amide bonds. The number of nitrogens with one attached hydrogen (secondary N) is 1. The number of likely N-dealkylation sites (N-methyl/N-ethyl adjacent to an activating group) is 1. The number of rotatable bonds is 4. The van der Waals surface area contributed by atoms with Gasteiger partial charge in [-0.2, -0.15) is 0 Å². The molecule has 1 N–H and O–H groups in total. The summed E-state index contributed by atoms with van der Waals surface area (Å²) in [6.07, 6.45) is 4.42. The third-order valence-corrected chi connectivity index (χ3v) is 5.09. The van der Waals surface area contributed by atoms with E-state index in [4.69, 9.17) is 0 Å². The Morgan fingerprint density at radius 3 is 2.14 bits per heavy atom. The predicted octanol–water partition coefficient (Wildman–Crippen LogP) is 3.30. The SMILES string of the molecule is CN(Cc1ccccc1)C(=O)C(=O)Nc1ccc(C(=O)N2CCCCCC2)cc1. The van der Waals surface area contributed by atoms with Crippen molar-refractivity contribution in [3.8, 4) is 0 Å². The molecule has 1 aliphatic rings. The fourth-order valence-corrected chi connectivity index (χ4v) is 3.44. The van der Waals surface area contributed by atoms with Crippen LogP contribution in [0.4, 0.5) is 5.69 Å². The Hall–Kier alpha value is -3.15. The van der Waals surface area contributed by atoms with Gasteiger partial charge in [0, 0.05) is 37.9 Å². The average Bonchev–Trinajstić information content (AvgIpc) is 3.03. The van der Waals surface area contributed by atoms with E-state index in [0.717, 1.165) is 31.5 Å². The summed E-state index contributed by atoms with van der Waals surface area (Å²) in [6.45, 7) is 1.94. The quantitative estimate of drug-likeness (QED) is 0.811. The zero-order valence-corrected chi connectivity index (χ0v) is 16.8. The number of benzene rings is 2. The Morgan fingerprint density at radius 1 is 0.897 bits per heavy atom. The van der Waals surface area contributed by atoms with Gasteiger partial charge in [-0.3, -0.25) is 14.4 Å². The second kappa shape index (κ2) is 9.87. The van der Waals surface area contributed by atoms with Gasteiger partial charge in [0.15, 0.2) is 0 Å². The van der Waals surface area contributed by atoms with Crippen LogP contribution in [0.5, 0.6) is 0 Å². The molecule has 152 valence electrons. The smallest absolute Gasteiger partial charge is 0.313 e. The van der Waals surface area contributed by atoms with Crippen LogP contribution in [0.3, 0.4) is 0 Å². The van der Waals surface area contributed by atoms with E-state index >= 15 is 0 Å². The first-order valence-corrected chi connectivity index (χ1v) is 10.0. The van der Waals surface area contributed by atoms with Gasteiger partial charge in [0.1, 0.15) is 0 Å². The van der Waals surface area contributed by atoms with Crippen molar-refractivity contribution in [3.05, 3.63) is 65.7 Å². The lowest BCUT2D eigenvalue weighted by atomic mass is 10.1. The van der Waals surface area contributed by atoms with Gasteiger partial charge < -0.3 is 15.1 Å². The first-order chi connectivity index (χ1) is 14.0. The molecule has 1 fully saturated rings. The lowest BCUT2D eigenvalue weighted by Gasteiger charge is -2.20. The second-order valence-corrected chi connectivity index (χ2v) is 7.38. The molecule has 3 rings (SSSR count). The second-order valence-electron chi connectivity index (χ2n) is 7.38. The summed E-state index contributed by atoms with van der Waals surface area (Å²) in [5.74, 6) is -1.29. The molecule has 6 nitrogen and oxygen atoms in total. The van der Waals surface area contributed by atoms with Crippen molar-refractivity contribution >= 4 is 23.4 Å². The van der Waals surface area contributed by atoms with Crippen LogP contribution < -0.4 is 5.32 Å². The number of amides is 3. The van der Waals surface area contributed by atoms with Crippen molar-refractivity contribution in [2.24, 2.45) is 0 Å². The summed E-state index contributed by atoms with van der Waals surface area (Å²) in [7, 11) is 1.60. The van der Waals surface area contributed by atoms with Gasteiger partial charge >= 0.3 is 11.8 Å². The summed E-state index contributed by atoms with van der Waals surface area (Å²) in [6, 6.07) is 16.2. The van der Waals surface area contributed by atoms with Gasteiger partial charge in [-0.15, -0.1) is 0 Å². The number of anilines is 1. The monoisotopic (exact) mass is 393 g/mol. The molecule has 0 bridgehead atoms. The van der Waals surface area contributed by atoms with E-state index in [1.165, 1.54) is 17.7 Å². The maximum atomic E-state index is 12.6. The van der Waals surface area contributed by atoms with Crippen LogP contribution in [0.1, 0.15) is 41.6 Å². The first kappa shape index (κ1) is 20.6. The number of likely N-dealkylation sites (tertiary alicyclic amines) is 1. The zero-order valence-electron chi connectivity index (χ0n) is 16.8. The van der Waals surface area contributed by atoms with E-state index < -0.39 is 11.8 Å². The molecule has 6 heteroatoms. The lowest BCUT2D eigenvalue weighted by molar-refractivity contribution is -0.142. The highest BCUT2D eigenvalue weighted by Gasteiger charge is 2.20. The molecule has 0 spiro atoms. The van der Waals surface area contributed by atoms with Crippen molar-refractivity contribution < 1.29 is 14.4 Å². The molecule has 0 aliphatic carbocycles. The Labute approximate surface area is 171 Å². The van der Waals surface area contributed by atoms with E-state index in [2.05, 4.69) is 5.32 Å². The van der Waals surface area contributed by atoms with Gasteiger partial charge in [0.2, 0.25) is 0 Å². The van der Waals surface area contributed by atoms with Crippen LogP contribution in [-0.4, -0.2) is 47.7 Å². The first-order valence-electron chi connectivity index (χ1n) is 10.0. The highest BCUT2D eigenvalue weighted by Crippen LogP contribution is 2.16. The molecule has 2 aromatic carbocycles. The molecule has 0 unspecified atom stereocenters. The molecule has 2 aromatic rings. The number of carbonyl (C=O) groups is 3. The van der Waals surface area contributed by atoms with Crippen LogP contribution in [-0.2, 0) is 16.1 Å². The average molecular weight is 393 g/mol. The number of hydrogen-bond acceptors (Lipinski definition) is 3. The minimum atomic E-state index is -0.699. The van der Waals surface area contributed by atoms with Gasteiger partial charge in [-0.1, -0.05) is 43.2 Å². The normalized spacial score (nSPS) is 14.0. The largest absolute Gasteiger partial charge is 0.339 e. The molecule has 0 radical (unpaired) electrons. The molecule has 1 heterocycles. The Morgan fingerprint density at radius 2 is 1.52 bits per heavy atom. The van der Waals surface area contributed by atoms with Gasteiger partial charge in [0.05, 0.1) is 0 Å². The summed E-state index contributed by atoms with van der Waals surface area (Å²) >= 11 is 0. The third-order valence-electron chi connectivity index (χ3n) is 5.09.